The highest BCUT2D eigenvalue weighted by Crippen LogP contribution is 1.98. The van der Waals surface area contributed by atoms with Crippen molar-refractivity contribution in [1.29, 1.82) is 0 Å². The Morgan fingerprint density at radius 1 is 1.06 bits per heavy atom. The zero-order chi connectivity index (χ0) is 14.7. The lowest BCUT2D eigenvalue weighted by molar-refractivity contribution is -0.118. The van der Waals surface area contributed by atoms with E-state index in [1.165, 1.54) is 0 Å². The van der Waals surface area contributed by atoms with Gasteiger partial charge in [0.15, 0.2) is 0 Å². The molecule has 0 heterocycles. The van der Waals surface area contributed by atoms with Crippen molar-refractivity contribution in [2.24, 2.45) is 5.73 Å². The van der Waals surface area contributed by atoms with Crippen LogP contribution in [0.3, 0.4) is 0 Å². The van der Waals surface area contributed by atoms with E-state index in [0.717, 1.165) is 25.8 Å². The van der Waals surface area contributed by atoms with Crippen molar-refractivity contribution < 1.29 is 4.79 Å². The van der Waals surface area contributed by atoms with Gasteiger partial charge in [0.2, 0.25) is 0 Å². The molecule has 0 saturated carbocycles. The summed E-state index contributed by atoms with van der Waals surface area (Å²) in [4.78, 5) is 10.7. The number of rotatable bonds is 6. The third-order valence-electron chi connectivity index (χ3n) is 1.71. The van der Waals surface area contributed by atoms with E-state index in [2.05, 4.69) is 5.32 Å². The third-order valence-corrected chi connectivity index (χ3v) is 1.71. The highest BCUT2D eigenvalue weighted by molar-refractivity contribution is 5.80. The van der Waals surface area contributed by atoms with Crippen LogP contribution in [-0.2, 0) is 4.79 Å². The van der Waals surface area contributed by atoms with Gasteiger partial charge in [-0.15, -0.1) is 0 Å². The van der Waals surface area contributed by atoms with E-state index >= 15 is 0 Å². The van der Waals surface area contributed by atoms with E-state index in [0.29, 0.717) is 0 Å². The first-order valence-corrected chi connectivity index (χ1v) is 7.09. The van der Waals surface area contributed by atoms with Crippen molar-refractivity contribution in [3.05, 3.63) is 0 Å². The summed E-state index contributed by atoms with van der Waals surface area (Å²) in [6.07, 6.45) is 2.94. The number of Topliss-reactive ketones (excluding diaryl/α,β-unsaturated/α-hetero) is 1. The van der Waals surface area contributed by atoms with Crippen molar-refractivity contribution in [3.8, 4) is 0 Å². The second-order valence-electron chi connectivity index (χ2n) is 2.82. The smallest absolute Gasteiger partial charge is 0.146 e. The van der Waals surface area contributed by atoms with Crippen molar-refractivity contribution in [3.63, 3.8) is 0 Å². The van der Waals surface area contributed by atoms with Crippen LogP contribution in [-0.4, -0.2) is 25.4 Å². The van der Waals surface area contributed by atoms with E-state index in [4.69, 9.17) is 5.73 Å². The van der Waals surface area contributed by atoms with E-state index in [9.17, 15) is 4.79 Å². The molecule has 0 aliphatic carbocycles. The van der Waals surface area contributed by atoms with Gasteiger partial charge in [0.25, 0.3) is 0 Å². The van der Waals surface area contributed by atoms with Crippen molar-refractivity contribution in [2.45, 2.75) is 73.8 Å². The normalized spacial score (nSPS) is 9.47. The molecular formula is C14H36N2O. The number of hydrogen-bond donors (Lipinski definition) is 2. The maximum absolute atomic E-state index is 10.7. The number of carbonyl (C=O) groups is 1. The number of carbonyl (C=O) groups excluding carboxylic acids is 1. The van der Waals surface area contributed by atoms with Crippen LogP contribution in [0.5, 0.6) is 0 Å². The molecule has 3 heteroatoms. The Balaban J connectivity index is -0.000000121. The molecule has 0 fully saturated rings. The first-order valence-electron chi connectivity index (χ1n) is 7.09. The molecule has 0 aromatic rings. The monoisotopic (exact) mass is 248 g/mol. The Bertz CT molecular complexity index is 117. The summed E-state index contributed by atoms with van der Waals surface area (Å²) >= 11 is 0. The molecule has 1 atom stereocenters. The lowest BCUT2D eigenvalue weighted by atomic mass is 10.1. The average molecular weight is 248 g/mol. The van der Waals surface area contributed by atoms with Crippen LogP contribution in [0.15, 0.2) is 0 Å². The molecule has 108 valence electrons. The molecule has 0 bridgehead atoms. The summed E-state index contributed by atoms with van der Waals surface area (Å²) in [5.74, 6) is 0.0921. The van der Waals surface area contributed by atoms with Gasteiger partial charge in [-0.25, -0.2) is 0 Å². The van der Waals surface area contributed by atoms with E-state index in [-0.39, 0.29) is 11.8 Å². The SMILES string of the molecule is CC.CC.CC.CNCCCCC(N)C(C)=O. The largest absolute Gasteiger partial charge is 0.322 e. The van der Waals surface area contributed by atoms with E-state index in [1.54, 1.807) is 6.92 Å². The summed E-state index contributed by atoms with van der Waals surface area (Å²) in [6.45, 7) is 14.5. The van der Waals surface area contributed by atoms with Crippen LogP contribution in [0.4, 0.5) is 0 Å². The zero-order valence-electron chi connectivity index (χ0n) is 13.4. The van der Waals surface area contributed by atoms with Crippen LogP contribution in [0, 0.1) is 0 Å². The number of ketones is 1. The highest BCUT2D eigenvalue weighted by atomic mass is 16.1. The Morgan fingerprint density at radius 2 is 1.47 bits per heavy atom. The second kappa shape index (κ2) is 29.6. The fourth-order valence-electron chi connectivity index (χ4n) is 0.869. The molecular weight excluding hydrogens is 212 g/mol. The van der Waals surface area contributed by atoms with Gasteiger partial charge in [0.1, 0.15) is 5.78 Å². The number of hydrogen-bond acceptors (Lipinski definition) is 3. The minimum Gasteiger partial charge on any atom is -0.322 e. The minimum absolute atomic E-state index is 0.0921. The number of nitrogens with one attached hydrogen (secondary N) is 1. The average Bonchev–Trinajstić information content (AvgIpc) is 2.41. The van der Waals surface area contributed by atoms with E-state index < -0.39 is 0 Å². The van der Waals surface area contributed by atoms with Crippen LogP contribution >= 0.6 is 0 Å². The molecule has 0 saturated heterocycles. The summed E-state index contributed by atoms with van der Waals surface area (Å²) in [7, 11) is 1.92. The molecule has 3 N–H and O–H groups in total. The Labute approximate surface area is 110 Å². The van der Waals surface area contributed by atoms with Gasteiger partial charge in [-0.2, -0.15) is 0 Å². The number of nitrogens with two attached hydrogens (primary N) is 1. The third kappa shape index (κ3) is 31.3. The topological polar surface area (TPSA) is 55.1 Å². The fourth-order valence-corrected chi connectivity index (χ4v) is 0.869. The zero-order valence-corrected chi connectivity index (χ0v) is 13.4. The molecule has 3 nitrogen and oxygen atoms in total. The quantitative estimate of drug-likeness (QED) is 0.709. The molecule has 0 aliphatic heterocycles. The van der Waals surface area contributed by atoms with Gasteiger partial charge in [-0.05, 0) is 33.4 Å². The molecule has 0 radical (unpaired) electrons. The highest BCUT2D eigenvalue weighted by Gasteiger charge is 2.05. The van der Waals surface area contributed by atoms with Gasteiger partial charge < -0.3 is 11.1 Å². The maximum atomic E-state index is 10.7. The number of unbranched alkanes of at least 4 members (excludes halogenated alkanes) is 1. The summed E-state index contributed by atoms with van der Waals surface area (Å²) < 4.78 is 0. The maximum Gasteiger partial charge on any atom is 0.146 e. The van der Waals surface area contributed by atoms with Crippen molar-refractivity contribution >= 4 is 5.78 Å². The van der Waals surface area contributed by atoms with Crippen molar-refractivity contribution in [1.82, 2.24) is 5.32 Å². The second-order valence-corrected chi connectivity index (χ2v) is 2.82. The Morgan fingerprint density at radius 3 is 1.76 bits per heavy atom. The van der Waals surface area contributed by atoms with Gasteiger partial charge in [-0.1, -0.05) is 48.0 Å². The predicted octanol–water partition coefficient (Wildman–Crippen LogP) is 3.37. The van der Waals surface area contributed by atoms with Gasteiger partial charge in [-0.3, -0.25) is 4.79 Å². The predicted molar refractivity (Wildman–Crippen MR) is 80.5 cm³/mol. The van der Waals surface area contributed by atoms with Crippen molar-refractivity contribution in [2.75, 3.05) is 13.6 Å². The van der Waals surface area contributed by atoms with Crippen LogP contribution in [0.1, 0.15) is 67.7 Å². The summed E-state index contributed by atoms with van der Waals surface area (Å²) in [6, 6.07) is -0.244. The van der Waals surface area contributed by atoms with Crippen LogP contribution in [0.2, 0.25) is 0 Å². The standard InChI is InChI=1S/C8H18N2O.3C2H6/c1-7(11)8(9)5-3-4-6-10-2;3*1-2/h8,10H,3-6,9H2,1-2H3;3*1-2H3. The molecule has 0 aliphatic rings. The summed E-state index contributed by atoms with van der Waals surface area (Å²) in [5.41, 5.74) is 5.53. The Kier molecular flexibility index (Phi) is 44.3. The molecule has 0 aromatic carbocycles. The molecule has 0 amide bonds. The van der Waals surface area contributed by atoms with Crippen LogP contribution in [0.25, 0.3) is 0 Å². The molecule has 1 unspecified atom stereocenters. The first kappa shape index (κ1) is 25.4. The molecule has 0 rings (SSSR count). The molecule has 0 aromatic heterocycles. The van der Waals surface area contributed by atoms with Gasteiger partial charge in [0, 0.05) is 0 Å². The van der Waals surface area contributed by atoms with Gasteiger partial charge in [0.05, 0.1) is 6.04 Å². The van der Waals surface area contributed by atoms with Crippen LogP contribution < -0.4 is 11.1 Å². The lowest BCUT2D eigenvalue weighted by Gasteiger charge is -2.06. The van der Waals surface area contributed by atoms with Gasteiger partial charge >= 0.3 is 0 Å². The summed E-state index contributed by atoms with van der Waals surface area (Å²) in [5, 5.41) is 3.04. The Hall–Kier alpha value is -0.410. The minimum atomic E-state index is -0.244. The first-order chi connectivity index (χ1) is 8.18. The lowest BCUT2D eigenvalue weighted by Crippen LogP contribution is -2.28. The molecule has 0 spiro atoms. The molecule has 17 heavy (non-hydrogen) atoms. The fraction of sp³-hybridized carbons (Fsp3) is 0.929. The van der Waals surface area contributed by atoms with E-state index in [1.807, 2.05) is 48.6 Å².